The molecule has 0 aliphatic heterocycles. The minimum atomic E-state index is -4.98. The van der Waals surface area contributed by atoms with E-state index in [2.05, 4.69) is 113 Å². The number of hydrogen-bond acceptors (Lipinski definition) is 15. The summed E-state index contributed by atoms with van der Waals surface area (Å²) in [4.78, 5) is 73.0. The van der Waals surface area contributed by atoms with Crippen molar-refractivity contribution in [3.63, 3.8) is 0 Å². The van der Waals surface area contributed by atoms with Crippen molar-refractivity contribution in [1.29, 1.82) is 0 Å². The molecular formula is C81H144O17P2. The van der Waals surface area contributed by atoms with Crippen LogP contribution in [0.3, 0.4) is 0 Å². The standard InChI is InChI=1S/C81H144O17P2/c1-5-9-13-17-21-25-29-33-37-41-45-49-53-57-61-65-78(83)91-71-76(97-80(85)67-63-59-55-51-47-43-39-35-31-27-23-19-15-11-7-3)73-95-99(87,88)93-69-75(82)70-94-100(89,90)96-74-77(98-81(86)68-64-60-56-52-48-44-40-36-32-28-24-20-16-12-8-4)72-92-79(84)66-62-58-54-50-46-42-38-34-30-26-22-18-14-10-6-2/h21-23,25-27,33-40,75-77,82H,5-20,24,28-32,41-74H2,1-4H3,(H,87,88)(H,89,90)/b25-21-,26-22-,27-23-,37-33-,38-34-,39-35-,40-36-/t75-,76-,77-/m1/s1. The number of hydrogen-bond donors (Lipinski definition) is 3. The summed E-state index contributed by atoms with van der Waals surface area (Å²) in [6.07, 6.45) is 75.5. The SMILES string of the molecule is CCCCC/C=C\C/C=C\CCCCCCCC(=O)OC[C@H](COP(=O)(O)OC[C@@H](O)COP(=O)(O)OC[C@@H](COC(=O)CCCCCCC/C=C\C/C=C\CCCCC)OC(=O)CCCCCCC/C=C\CCCCCCCC)OC(=O)CCCCCCC/C=C\C/C=C\CCCCC. The summed E-state index contributed by atoms with van der Waals surface area (Å²) in [7, 11) is -9.96. The van der Waals surface area contributed by atoms with E-state index in [-0.39, 0.29) is 25.7 Å². The van der Waals surface area contributed by atoms with Crippen molar-refractivity contribution in [2.75, 3.05) is 39.6 Å². The van der Waals surface area contributed by atoms with E-state index in [4.69, 9.17) is 37.0 Å². The molecule has 19 heteroatoms. The Hall–Kier alpha value is -3.76. The Morgan fingerprint density at radius 1 is 0.280 bits per heavy atom. The predicted octanol–water partition coefficient (Wildman–Crippen LogP) is 23.0. The van der Waals surface area contributed by atoms with Crippen LogP contribution in [0, 0.1) is 0 Å². The third kappa shape index (κ3) is 72.6. The van der Waals surface area contributed by atoms with Crippen LogP contribution in [-0.2, 0) is 65.4 Å². The van der Waals surface area contributed by atoms with Gasteiger partial charge >= 0.3 is 39.5 Å². The predicted molar refractivity (Wildman–Crippen MR) is 409 cm³/mol. The van der Waals surface area contributed by atoms with Gasteiger partial charge in [0.15, 0.2) is 12.2 Å². The highest BCUT2D eigenvalue weighted by Crippen LogP contribution is 2.45. The minimum Gasteiger partial charge on any atom is -0.462 e. The Bertz CT molecular complexity index is 2230. The van der Waals surface area contributed by atoms with E-state index in [0.29, 0.717) is 25.7 Å². The molecule has 0 saturated carbocycles. The molecule has 0 aromatic rings. The van der Waals surface area contributed by atoms with Crippen LogP contribution in [0.5, 0.6) is 0 Å². The van der Waals surface area contributed by atoms with Crippen molar-refractivity contribution >= 4 is 39.5 Å². The van der Waals surface area contributed by atoms with E-state index in [9.17, 15) is 43.2 Å². The van der Waals surface area contributed by atoms with E-state index in [1.165, 1.54) is 96.3 Å². The van der Waals surface area contributed by atoms with E-state index in [1.807, 2.05) is 0 Å². The number of phosphoric ester groups is 2. The smallest absolute Gasteiger partial charge is 0.462 e. The van der Waals surface area contributed by atoms with Gasteiger partial charge < -0.3 is 33.8 Å². The molecule has 0 fully saturated rings. The van der Waals surface area contributed by atoms with Gasteiger partial charge in [0.05, 0.1) is 26.4 Å². The highest BCUT2D eigenvalue weighted by atomic mass is 31.2. The van der Waals surface area contributed by atoms with Gasteiger partial charge in [0.1, 0.15) is 19.3 Å². The van der Waals surface area contributed by atoms with E-state index >= 15 is 0 Å². The molecule has 0 bridgehead atoms. The number of aliphatic hydroxyl groups excluding tert-OH is 1. The molecule has 0 aromatic carbocycles. The van der Waals surface area contributed by atoms with Crippen LogP contribution in [0.2, 0.25) is 0 Å². The molecule has 0 saturated heterocycles. The molecule has 0 aromatic heterocycles. The van der Waals surface area contributed by atoms with Crippen molar-refractivity contribution < 1.29 is 80.2 Å². The van der Waals surface area contributed by atoms with Crippen LogP contribution < -0.4 is 0 Å². The van der Waals surface area contributed by atoms with Crippen LogP contribution in [0.4, 0.5) is 0 Å². The molecule has 2 unspecified atom stereocenters. The second-order valence-electron chi connectivity index (χ2n) is 26.6. The first-order valence-electron chi connectivity index (χ1n) is 39.8. The Kier molecular flexibility index (Phi) is 70.8. The zero-order valence-corrected chi connectivity index (χ0v) is 65.2. The Balaban J connectivity index is 5.38. The number of unbranched alkanes of at least 4 members (excludes halogenated alkanes) is 35. The summed E-state index contributed by atoms with van der Waals surface area (Å²) in [6, 6.07) is 0. The fourth-order valence-electron chi connectivity index (χ4n) is 10.7. The number of aliphatic hydroxyl groups is 1. The third-order valence-corrected chi connectivity index (χ3v) is 18.7. The molecule has 0 radical (unpaired) electrons. The van der Waals surface area contributed by atoms with Gasteiger partial charge in [-0.2, -0.15) is 0 Å². The number of esters is 4. The maximum Gasteiger partial charge on any atom is 0.472 e. The molecule has 100 heavy (non-hydrogen) atoms. The number of rotatable bonds is 75. The molecule has 0 spiro atoms. The van der Waals surface area contributed by atoms with E-state index in [0.717, 1.165) is 173 Å². The van der Waals surface area contributed by atoms with E-state index in [1.54, 1.807) is 0 Å². The molecule has 0 rings (SSSR count). The Morgan fingerprint density at radius 2 is 0.490 bits per heavy atom. The lowest BCUT2D eigenvalue weighted by Crippen LogP contribution is -2.30. The lowest BCUT2D eigenvalue weighted by molar-refractivity contribution is -0.161. The van der Waals surface area contributed by atoms with Gasteiger partial charge in [-0.25, -0.2) is 9.13 Å². The van der Waals surface area contributed by atoms with E-state index < -0.39 is 97.5 Å². The summed E-state index contributed by atoms with van der Waals surface area (Å²) in [5.74, 6) is -2.21. The van der Waals surface area contributed by atoms with Crippen molar-refractivity contribution in [3.05, 3.63) is 85.1 Å². The van der Waals surface area contributed by atoms with Crippen molar-refractivity contribution in [2.24, 2.45) is 0 Å². The lowest BCUT2D eigenvalue weighted by atomic mass is 10.1. The molecule has 580 valence electrons. The summed E-state index contributed by atoms with van der Waals surface area (Å²) in [5, 5.41) is 10.6. The van der Waals surface area contributed by atoms with Crippen molar-refractivity contribution in [1.82, 2.24) is 0 Å². The first-order chi connectivity index (χ1) is 48.7. The second kappa shape index (κ2) is 73.5. The molecule has 3 N–H and O–H groups in total. The van der Waals surface area contributed by atoms with Gasteiger partial charge in [0, 0.05) is 25.7 Å². The number of carbonyl (C=O) groups is 4. The van der Waals surface area contributed by atoms with Gasteiger partial charge in [0.25, 0.3) is 0 Å². The normalized spacial score (nSPS) is 14.3. The highest BCUT2D eigenvalue weighted by Gasteiger charge is 2.30. The van der Waals surface area contributed by atoms with Crippen molar-refractivity contribution in [2.45, 2.75) is 367 Å². The zero-order chi connectivity index (χ0) is 73.2. The molecule has 0 aliphatic carbocycles. The summed E-state index contributed by atoms with van der Waals surface area (Å²) in [5.41, 5.74) is 0. The van der Waals surface area contributed by atoms with Crippen LogP contribution in [0.1, 0.15) is 349 Å². The molecular weight excluding hydrogens is 1310 g/mol. The topological polar surface area (TPSA) is 237 Å². The monoisotopic (exact) mass is 1450 g/mol. The fraction of sp³-hybridized carbons (Fsp3) is 0.778. The van der Waals surface area contributed by atoms with Gasteiger partial charge in [-0.05, 0) is 148 Å². The van der Waals surface area contributed by atoms with Gasteiger partial charge in [-0.3, -0.25) is 37.3 Å². The largest absolute Gasteiger partial charge is 0.472 e. The fourth-order valence-corrected chi connectivity index (χ4v) is 12.2. The first-order valence-corrected chi connectivity index (χ1v) is 42.8. The molecule has 5 atom stereocenters. The van der Waals surface area contributed by atoms with Gasteiger partial charge in [-0.1, -0.05) is 260 Å². The first kappa shape index (κ1) is 96.2. The number of carbonyl (C=O) groups excluding carboxylic acids is 4. The minimum absolute atomic E-state index is 0.0768. The van der Waals surface area contributed by atoms with Crippen LogP contribution in [0.25, 0.3) is 0 Å². The van der Waals surface area contributed by atoms with Crippen LogP contribution in [0.15, 0.2) is 85.1 Å². The molecule has 0 amide bonds. The van der Waals surface area contributed by atoms with Crippen LogP contribution in [-0.4, -0.2) is 96.7 Å². The summed E-state index contributed by atoms with van der Waals surface area (Å²) < 4.78 is 68.6. The van der Waals surface area contributed by atoms with Gasteiger partial charge in [0.2, 0.25) is 0 Å². The molecule has 17 nitrogen and oxygen atoms in total. The molecule has 0 heterocycles. The Labute approximate surface area is 608 Å². The number of ether oxygens (including phenoxy) is 4. The maximum absolute atomic E-state index is 13.1. The van der Waals surface area contributed by atoms with Crippen molar-refractivity contribution in [3.8, 4) is 0 Å². The quantitative estimate of drug-likeness (QED) is 0.0169. The Morgan fingerprint density at radius 3 is 0.770 bits per heavy atom. The van der Waals surface area contributed by atoms with Gasteiger partial charge in [-0.15, -0.1) is 0 Å². The zero-order valence-electron chi connectivity index (χ0n) is 63.4. The third-order valence-electron chi connectivity index (χ3n) is 16.8. The second-order valence-corrected chi connectivity index (χ2v) is 29.5. The van der Waals surface area contributed by atoms with Crippen LogP contribution >= 0.6 is 15.6 Å². The summed E-state index contributed by atoms with van der Waals surface area (Å²) in [6.45, 7) is 4.78. The average molecular weight is 1450 g/mol. The maximum atomic E-state index is 13.1. The highest BCUT2D eigenvalue weighted by molar-refractivity contribution is 7.47. The lowest BCUT2D eigenvalue weighted by Gasteiger charge is -2.21. The number of allylic oxidation sites excluding steroid dienone is 14. The average Bonchev–Trinajstić information content (AvgIpc) is 1.01. The number of phosphoric acid groups is 2. The molecule has 0 aliphatic rings. The summed E-state index contributed by atoms with van der Waals surface area (Å²) >= 11 is 0.